The lowest BCUT2D eigenvalue weighted by molar-refractivity contribution is -0.136. The molecule has 0 saturated heterocycles. The van der Waals surface area contributed by atoms with E-state index in [1.807, 2.05) is 0 Å². The van der Waals surface area contributed by atoms with E-state index >= 15 is 0 Å². The van der Waals surface area contributed by atoms with Crippen molar-refractivity contribution >= 4 is 0 Å². The lowest BCUT2D eigenvalue weighted by Crippen LogP contribution is -2.48. The fraction of sp³-hybridized carbons (Fsp3) is 1.00. The summed E-state index contributed by atoms with van der Waals surface area (Å²) in [6.07, 6.45) is 5.19. The molecule has 1 rings (SSSR count). The van der Waals surface area contributed by atoms with Crippen LogP contribution in [0.15, 0.2) is 0 Å². The Morgan fingerprint density at radius 3 is 2.44 bits per heavy atom. The third-order valence-electron chi connectivity index (χ3n) is 3.68. The molecule has 96 valence electrons. The molecule has 0 aromatic rings. The molecule has 0 spiro atoms. The number of nitrogens with one attached hydrogen (secondary N) is 1. The summed E-state index contributed by atoms with van der Waals surface area (Å²) in [5.41, 5.74) is 0. The zero-order chi connectivity index (χ0) is 12.0. The minimum absolute atomic E-state index is 0.116. The summed E-state index contributed by atoms with van der Waals surface area (Å²) in [5.74, 6) is 1.53. The molecule has 1 fully saturated rings. The molecule has 3 nitrogen and oxygen atoms in total. The number of rotatable bonds is 6. The summed E-state index contributed by atoms with van der Waals surface area (Å²) in [6, 6.07) is 0.336. The first kappa shape index (κ1) is 13.9. The van der Waals surface area contributed by atoms with E-state index in [4.69, 9.17) is 9.47 Å². The van der Waals surface area contributed by atoms with Crippen LogP contribution in [0.3, 0.4) is 0 Å². The van der Waals surface area contributed by atoms with Gasteiger partial charge in [0.15, 0.2) is 6.29 Å². The summed E-state index contributed by atoms with van der Waals surface area (Å²) >= 11 is 0. The van der Waals surface area contributed by atoms with Crippen LogP contribution in [0.5, 0.6) is 0 Å². The van der Waals surface area contributed by atoms with Crippen LogP contribution in [0.1, 0.15) is 39.5 Å². The molecule has 1 aliphatic rings. The van der Waals surface area contributed by atoms with Gasteiger partial charge in [0.05, 0.1) is 6.04 Å². The fourth-order valence-electron chi connectivity index (χ4n) is 2.92. The molecule has 3 unspecified atom stereocenters. The average Bonchev–Trinajstić information content (AvgIpc) is 2.29. The van der Waals surface area contributed by atoms with Crippen molar-refractivity contribution in [3.05, 3.63) is 0 Å². The first-order valence-corrected chi connectivity index (χ1v) is 6.51. The molecule has 0 bridgehead atoms. The summed E-state index contributed by atoms with van der Waals surface area (Å²) in [7, 11) is 3.45. The Bertz CT molecular complexity index is 183. The maximum absolute atomic E-state index is 5.42. The van der Waals surface area contributed by atoms with Gasteiger partial charge in [0.2, 0.25) is 0 Å². The Morgan fingerprint density at radius 2 is 1.94 bits per heavy atom. The minimum Gasteiger partial charge on any atom is -0.354 e. The smallest absolute Gasteiger partial charge is 0.172 e. The highest BCUT2D eigenvalue weighted by Gasteiger charge is 2.31. The normalized spacial score (nSPS) is 28.3. The number of ether oxygens (including phenoxy) is 2. The van der Waals surface area contributed by atoms with Crippen LogP contribution in [0, 0.1) is 11.8 Å². The number of likely N-dealkylation sites (N-methyl/N-ethyl adjacent to an activating group) is 1. The number of hydrogen-bond acceptors (Lipinski definition) is 3. The number of hydrogen-bond donors (Lipinski definition) is 1. The van der Waals surface area contributed by atoms with E-state index in [1.165, 1.54) is 25.7 Å². The van der Waals surface area contributed by atoms with Crippen molar-refractivity contribution in [2.24, 2.45) is 11.8 Å². The lowest BCUT2D eigenvalue weighted by atomic mass is 9.78. The molecule has 3 atom stereocenters. The van der Waals surface area contributed by atoms with Gasteiger partial charge >= 0.3 is 0 Å². The quantitative estimate of drug-likeness (QED) is 0.710. The van der Waals surface area contributed by atoms with Crippen molar-refractivity contribution in [2.75, 3.05) is 20.8 Å². The van der Waals surface area contributed by atoms with E-state index in [9.17, 15) is 0 Å². The predicted octanol–water partition coefficient (Wildman–Crippen LogP) is 2.41. The third-order valence-corrected chi connectivity index (χ3v) is 3.68. The SMILES string of the molecule is CCNC(C1CCCC(C)C1)C(OC)OC. The van der Waals surface area contributed by atoms with Crippen LogP contribution in [0.25, 0.3) is 0 Å². The summed E-state index contributed by atoms with van der Waals surface area (Å²) in [6.45, 7) is 5.46. The second-order valence-electron chi connectivity index (χ2n) is 4.96. The Hall–Kier alpha value is -0.120. The van der Waals surface area contributed by atoms with E-state index in [0.29, 0.717) is 12.0 Å². The topological polar surface area (TPSA) is 30.5 Å². The Labute approximate surface area is 99.9 Å². The molecule has 3 heteroatoms. The molecule has 0 amide bonds. The van der Waals surface area contributed by atoms with Gasteiger partial charge in [0, 0.05) is 14.2 Å². The highest BCUT2D eigenvalue weighted by Crippen LogP contribution is 2.32. The largest absolute Gasteiger partial charge is 0.354 e. The summed E-state index contributed by atoms with van der Waals surface area (Å²) < 4.78 is 10.8. The minimum atomic E-state index is -0.116. The van der Waals surface area contributed by atoms with Crippen LogP contribution in [0.2, 0.25) is 0 Å². The van der Waals surface area contributed by atoms with Crippen LogP contribution in [-0.2, 0) is 9.47 Å². The predicted molar refractivity (Wildman–Crippen MR) is 66.4 cm³/mol. The molecule has 0 aliphatic heterocycles. The van der Waals surface area contributed by atoms with Gasteiger partial charge < -0.3 is 14.8 Å². The second-order valence-corrected chi connectivity index (χ2v) is 4.96. The fourth-order valence-corrected chi connectivity index (χ4v) is 2.92. The molecular weight excluding hydrogens is 202 g/mol. The van der Waals surface area contributed by atoms with E-state index in [0.717, 1.165) is 12.5 Å². The Balaban J connectivity index is 2.59. The molecule has 0 aromatic heterocycles. The summed E-state index contributed by atoms with van der Waals surface area (Å²) in [5, 5.41) is 3.52. The van der Waals surface area contributed by atoms with E-state index < -0.39 is 0 Å². The van der Waals surface area contributed by atoms with Gasteiger partial charge in [0.25, 0.3) is 0 Å². The number of methoxy groups -OCH3 is 2. The van der Waals surface area contributed by atoms with Crippen molar-refractivity contribution in [3.8, 4) is 0 Å². The Kier molecular flexibility index (Phi) is 6.32. The van der Waals surface area contributed by atoms with Gasteiger partial charge in [-0.25, -0.2) is 0 Å². The van der Waals surface area contributed by atoms with E-state index in [-0.39, 0.29) is 6.29 Å². The maximum atomic E-state index is 5.42. The second kappa shape index (κ2) is 7.25. The van der Waals surface area contributed by atoms with Crippen molar-refractivity contribution in [3.63, 3.8) is 0 Å². The van der Waals surface area contributed by atoms with Crippen molar-refractivity contribution in [2.45, 2.75) is 51.9 Å². The van der Waals surface area contributed by atoms with Crippen LogP contribution in [-0.4, -0.2) is 33.1 Å². The van der Waals surface area contributed by atoms with Crippen LogP contribution in [0.4, 0.5) is 0 Å². The molecule has 0 aromatic carbocycles. The van der Waals surface area contributed by atoms with Gasteiger partial charge in [-0.15, -0.1) is 0 Å². The molecule has 0 heterocycles. The van der Waals surface area contributed by atoms with E-state index in [1.54, 1.807) is 14.2 Å². The first-order valence-electron chi connectivity index (χ1n) is 6.51. The third kappa shape index (κ3) is 3.72. The van der Waals surface area contributed by atoms with E-state index in [2.05, 4.69) is 19.2 Å². The highest BCUT2D eigenvalue weighted by atomic mass is 16.7. The zero-order valence-electron chi connectivity index (χ0n) is 11.2. The van der Waals surface area contributed by atoms with Gasteiger partial charge in [-0.2, -0.15) is 0 Å². The van der Waals surface area contributed by atoms with Gasteiger partial charge in [-0.05, 0) is 31.2 Å². The zero-order valence-corrected chi connectivity index (χ0v) is 11.2. The first-order chi connectivity index (χ1) is 7.72. The molecule has 1 N–H and O–H groups in total. The van der Waals surface area contributed by atoms with Gasteiger partial charge in [-0.3, -0.25) is 0 Å². The molecule has 1 saturated carbocycles. The molecule has 0 radical (unpaired) electrons. The average molecular weight is 229 g/mol. The van der Waals surface area contributed by atoms with Crippen LogP contribution < -0.4 is 5.32 Å². The molecular formula is C13H27NO2. The standard InChI is InChI=1S/C13H27NO2/c1-5-14-12(13(15-3)16-4)11-8-6-7-10(2)9-11/h10-14H,5-9H2,1-4H3. The monoisotopic (exact) mass is 229 g/mol. The lowest BCUT2D eigenvalue weighted by Gasteiger charge is -2.36. The highest BCUT2D eigenvalue weighted by molar-refractivity contribution is 4.83. The maximum Gasteiger partial charge on any atom is 0.172 e. The van der Waals surface area contributed by atoms with Crippen molar-refractivity contribution in [1.29, 1.82) is 0 Å². The van der Waals surface area contributed by atoms with Crippen molar-refractivity contribution in [1.82, 2.24) is 5.32 Å². The van der Waals surface area contributed by atoms with Gasteiger partial charge in [0.1, 0.15) is 0 Å². The summed E-state index contributed by atoms with van der Waals surface area (Å²) in [4.78, 5) is 0. The van der Waals surface area contributed by atoms with Crippen LogP contribution >= 0.6 is 0 Å². The molecule has 1 aliphatic carbocycles. The molecule has 16 heavy (non-hydrogen) atoms. The van der Waals surface area contributed by atoms with Gasteiger partial charge in [-0.1, -0.05) is 26.7 Å². The Morgan fingerprint density at radius 1 is 1.25 bits per heavy atom. The van der Waals surface area contributed by atoms with Crippen molar-refractivity contribution < 1.29 is 9.47 Å².